The molecule has 0 bridgehead atoms. The summed E-state index contributed by atoms with van der Waals surface area (Å²) in [6, 6.07) is 21.4. The molecule has 1 aliphatic heterocycles. The topological polar surface area (TPSA) is 59.1 Å². The van der Waals surface area contributed by atoms with Crippen LogP contribution in [-0.2, 0) is 6.42 Å². The number of carbonyl (C=O) groups is 2. The van der Waals surface area contributed by atoms with Gasteiger partial charge in [-0.25, -0.2) is 0 Å². The van der Waals surface area contributed by atoms with Crippen LogP contribution in [0.3, 0.4) is 0 Å². The van der Waals surface area contributed by atoms with Crippen molar-refractivity contribution in [3.63, 3.8) is 0 Å². The molecule has 0 aromatic heterocycles. The van der Waals surface area contributed by atoms with Crippen molar-refractivity contribution in [1.29, 1.82) is 0 Å². The summed E-state index contributed by atoms with van der Waals surface area (Å²) in [5.74, 6) is -0.340. The van der Waals surface area contributed by atoms with Gasteiger partial charge in [0.1, 0.15) is 18.1 Å². The van der Waals surface area contributed by atoms with Gasteiger partial charge in [-0.1, -0.05) is 42.5 Å². The van der Waals surface area contributed by atoms with Crippen molar-refractivity contribution >= 4 is 11.8 Å². The molecule has 1 heterocycles. The molecule has 0 fully saturated rings. The number of rotatable bonds is 5. The number of hydrogen-bond acceptors (Lipinski definition) is 4. The van der Waals surface area contributed by atoms with Gasteiger partial charge < -0.3 is 19.3 Å². The first-order valence-electron chi connectivity index (χ1n) is 13.5. The summed E-state index contributed by atoms with van der Waals surface area (Å²) in [4.78, 5) is 30.7. The lowest BCUT2D eigenvalue weighted by Crippen LogP contribution is -2.45. The Morgan fingerprint density at radius 1 is 0.925 bits per heavy atom. The molecule has 0 saturated heterocycles. The maximum atomic E-state index is 13.8. The van der Waals surface area contributed by atoms with Crippen molar-refractivity contribution in [2.45, 2.75) is 45.0 Å². The summed E-state index contributed by atoms with van der Waals surface area (Å²) < 4.78 is 48.1. The van der Waals surface area contributed by atoms with Crippen LogP contribution in [0.5, 0.6) is 11.5 Å². The Kier molecular flexibility index (Phi) is 9.69. The number of halogens is 3. The fraction of sp³-hybridized carbons (Fsp3) is 0.355. The third kappa shape index (κ3) is 7.77. The van der Waals surface area contributed by atoms with E-state index in [1.165, 1.54) is 12.1 Å². The molecule has 40 heavy (non-hydrogen) atoms. The third-order valence-electron chi connectivity index (χ3n) is 6.90. The Balaban J connectivity index is 1.66. The van der Waals surface area contributed by atoms with Gasteiger partial charge in [0.15, 0.2) is 0 Å². The summed E-state index contributed by atoms with van der Waals surface area (Å²) >= 11 is 0. The largest absolute Gasteiger partial charge is 0.573 e. The van der Waals surface area contributed by atoms with Gasteiger partial charge in [-0.05, 0) is 74.6 Å². The molecule has 0 N–H and O–H groups in total. The maximum absolute atomic E-state index is 13.8. The van der Waals surface area contributed by atoms with E-state index in [1.807, 2.05) is 37.3 Å². The second-order valence-electron chi connectivity index (χ2n) is 9.67. The Labute approximate surface area is 232 Å². The first kappa shape index (κ1) is 29.0. The van der Waals surface area contributed by atoms with Crippen LogP contribution >= 0.6 is 0 Å². The summed E-state index contributed by atoms with van der Waals surface area (Å²) in [5, 5.41) is 0. The van der Waals surface area contributed by atoms with E-state index in [0.717, 1.165) is 30.5 Å². The lowest BCUT2D eigenvalue weighted by atomic mass is 10.0. The van der Waals surface area contributed by atoms with Crippen molar-refractivity contribution < 1.29 is 32.2 Å². The van der Waals surface area contributed by atoms with E-state index in [9.17, 15) is 22.8 Å². The highest BCUT2D eigenvalue weighted by molar-refractivity contribution is 5.97. The van der Waals surface area contributed by atoms with Gasteiger partial charge in [0.2, 0.25) is 0 Å². The molecule has 0 radical (unpaired) electrons. The van der Waals surface area contributed by atoms with Gasteiger partial charge in [0.05, 0.1) is 11.6 Å². The Morgan fingerprint density at radius 2 is 1.60 bits per heavy atom. The van der Waals surface area contributed by atoms with E-state index >= 15 is 0 Å². The predicted molar refractivity (Wildman–Crippen MR) is 145 cm³/mol. The zero-order valence-electron chi connectivity index (χ0n) is 22.4. The van der Waals surface area contributed by atoms with Gasteiger partial charge in [0, 0.05) is 25.2 Å². The lowest BCUT2D eigenvalue weighted by molar-refractivity contribution is -0.274. The Morgan fingerprint density at radius 3 is 2.30 bits per heavy atom. The molecule has 3 aromatic carbocycles. The van der Waals surface area contributed by atoms with Crippen LogP contribution < -0.4 is 9.47 Å². The fourth-order valence-electron chi connectivity index (χ4n) is 4.85. The highest BCUT2D eigenvalue weighted by atomic mass is 19.4. The molecule has 6 nitrogen and oxygen atoms in total. The number of para-hydroxylation sites is 1. The van der Waals surface area contributed by atoms with Crippen molar-refractivity contribution in [3.05, 3.63) is 95.6 Å². The van der Waals surface area contributed by atoms with E-state index in [0.29, 0.717) is 43.8 Å². The molecular formula is C31H33F3N2O4. The zero-order chi connectivity index (χ0) is 28.5. The number of ether oxygens (including phenoxy) is 2. The predicted octanol–water partition coefficient (Wildman–Crippen LogP) is 6.36. The molecule has 3 aromatic rings. The van der Waals surface area contributed by atoms with E-state index in [4.69, 9.17) is 4.74 Å². The molecular weight excluding hydrogens is 521 g/mol. The molecule has 0 aliphatic carbocycles. The summed E-state index contributed by atoms with van der Waals surface area (Å²) in [7, 11) is 0. The first-order valence-corrected chi connectivity index (χ1v) is 13.5. The number of amides is 2. The second-order valence-corrected chi connectivity index (χ2v) is 9.67. The minimum Gasteiger partial charge on any atom is -0.491 e. The molecule has 0 saturated carbocycles. The van der Waals surface area contributed by atoms with E-state index in [1.54, 1.807) is 34.1 Å². The van der Waals surface area contributed by atoms with E-state index < -0.39 is 12.4 Å². The highest BCUT2D eigenvalue weighted by Crippen LogP contribution is 2.25. The molecule has 0 unspecified atom stereocenters. The Bertz CT molecular complexity index is 1270. The monoisotopic (exact) mass is 554 g/mol. The first-order chi connectivity index (χ1) is 19.2. The van der Waals surface area contributed by atoms with E-state index in [2.05, 4.69) is 4.74 Å². The SMILES string of the molecule is CCN1CCCCCN(C(=O)c2ccc(OC(F)(F)F)cc2)[C@H](Cc2ccccc2)COc2ccccc2C1=O. The van der Waals surface area contributed by atoms with Crippen LogP contribution in [0.2, 0.25) is 0 Å². The molecule has 9 heteroatoms. The quantitative estimate of drug-likeness (QED) is 0.368. The Hall–Kier alpha value is -4.01. The minimum atomic E-state index is -4.82. The fourth-order valence-corrected chi connectivity index (χ4v) is 4.85. The van der Waals surface area contributed by atoms with Crippen molar-refractivity contribution in [3.8, 4) is 11.5 Å². The number of benzene rings is 3. The number of nitrogens with zero attached hydrogens (tertiary/aromatic N) is 2. The van der Waals surface area contributed by atoms with Gasteiger partial charge in [-0.3, -0.25) is 9.59 Å². The minimum absolute atomic E-state index is 0.0916. The van der Waals surface area contributed by atoms with Crippen LogP contribution in [0.25, 0.3) is 0 Å². The molecule has 1 aliphatic rings. The van der Waals surface area contributed by atoms with Crippen LogP contribution in [0.4, 0.5) is 13.2 Å². The summed E-state index contributed by atoms with van der Waals surface area (Å²) in [6.07, 6.45) is -2.04. The maximum Gasteiger partial charge on any atom is 0.573 e. The normalized spacial score (nSPS) is 17.1. The number of alkyl halides is 3. The van der Waals surface area contributed by atoms with Crippen LogP contribution in [-0.4, -0.2) is 60.3 Å². The average molecular weight is 555 g/mol. The average Bonchev–Trinajstić information content (AvgIpc) is 2.95. The zero-order valence-corrected chi connectivity index (χ0v) is 22.4. The number of carbonyl (C=O) groups excluding carboxylic acids is 2. The number of hydrogen-bond donors (Lipinski definition) is 0. The van der Waals surface area contributed by atoms with Crippen molar-refractivity contribution in [2.75, 3.05) is 26.2 Å². The van der Waals surface area contributed by atoms with Crippen molar-refractivity contribution in [2.24, 2.45) is 0 Å². The lowest BCUT2D eigenvalue weighted by Gasteiger charge is -2.32. The number of fused-ring (bicyclic) bond motifs is 1. The van der Waals surface area contributed by atoms with Gasteiger partial charge in [-0.15, -0.1) is 13.2 Å². The van der Waals surface area contributed by atoms with Crippen LogP contribution in [0.15, 0.2) is 78.9 Å². The van der Waals surface area contributed by atoms with Crippen LogP contribution in [0, 0.1) is 0 Å². The van der Waals surface area contributed by atoms with E-state index in [-0.39, 0.29) is 29.7 Å². The second kappa shape index (κ2) is 13.4. The van der Waals surface area contributed by atoms with Crippen LogP contribution in [0.1, 0.15) is 52.5 Å². The summed E-state index contributed by atoms with van der Waals surface area (Å²) in [6.45, 7) is 3.67. The third-order valence-corrected chi connectivity index (χ3v) is 6.90. The molecule has 212 valence electrons. The molecule has 2 amide bonds. The molecule has 0 spiro atoms. The van der Waals surface area contributed by atoms with Crippen molar-refractivity contribution in [1.82, 2.24) is 9.80 Å². The molecule has 1 atom stereocenters. The smallest absolute Gasteiger partial charge is 0.491 e. The van der Waals surface area contributed by atoms with Gasteiger partial charge in [-0.2, -0.15) is 0 Å². The highest BCUT2D eigenvalue weighted by Gasteiger charge is 2.32. The van der Waals surface area contributed by atoms with Gasteiger partial charge >= 0.3 is 6.36 Å². The standard InChI is InChI=1S/C31H33F3N2O4/c1-2-35-19-9-4-10-20-36(29(37)24-15-17-26(18-16-24)40-31(32,33)34)25(21-23-11-5-3-6-12-23)22-39-28-14-8-7-13-27(28)30(35)38/h3,5-8,11-18,25H,2,4,9-10,19-22H2,1H3/t25-/m1/s1. The van der Waals surface area contributed by atoms with Gasteiger partial charge in [0.25, 0.3) is 11.8 Å². The summed E-state index contributed by atoms with van der Waals surface area (Å²) in [5.41, 5.74) is 1.73. The molecule has 4 rings (SSSR count).